The summed E-state index contributed by atoms with van der Waals surface area (Å²) in [6.45, 7) is 15.2. The van der Waals surface area contributed by atoms with Crippen molar-refractivity contribution in [3.63, 3.8) is 0 Å². The van der Waals surface area contributed by atoms with Crippen molar-refractivity contribution >= 4 is 11.8 Å². The molecule has 0 saturated heterocycles. The van der Waals surface area contributed by atoms with Gasteiger partial charge in [-0.3, -0.25) is 14.5 Å². The van der Waals surface area contributed by atoms with E-state index in [1.165, 1.54) is 11.1 Å². The zero-order valence-electron chi connectivity index (χ0n) is 20.8. The van der Waals surface area contributed by atoms with E-state index in [2.05, 4.69) is 36.2 Å². The monoisotopic (exact) mass is 427 g/mol. The van der Waals surface area contributed by atoms with Crippen LogP contribution in [0.15, 0.2) is 35.9 Å². The maximum absolute atomic E-state index is 13.6. The molecule has 0 saturated carbocycles. The highest BCUT2D eigenvalue weighted by Crippen LogP contribution is 2.30. The quantitative estimate of drug-likeness (QED) is 0.693. The molecule has 0 aromatic heterocycles. The van der Waals surface area contributed by atoms with Crippen molar-refractivity contribution < 1.29 is 9.59 Å². The van der Waals surface area contributed by atoms with E-state index >= 15 is 0 Å². The number of carbonyl (C=O) groups is 2. The fourth-order valence-electron chi connectivity index (χ4n) is 4.35. The first-order valence-corrected chi connectivity index (χ1v) is 11.3. The third-order valence-electron chi connectivity index (χ3n) is 6.15. The topological polar surface area (TPSA) is 52.7 Å². The zero-order valence-corrected chi connectivity index (χ0v) is 20.8. The van der Waals surface area contributed by atoms with Gasteiger partial charge in [0.2, 0.25) is 11.8 Å². The third kappa shape index (κ3) is 5.97. The number of allylic oxidation sites excluding steroid dienone is 1. The zero-order chi connectivity index (χ0) is 23.5. The maximum Gasteiger partial charge on any atom is 0.245 e. The van der Waals surface area contributed by atoms with Crippen molar-refractivity contribution in [3.8, 4) is 0 Å². The average molecular weight is 428 g/mol. The van der Waals surface area contributed by atoms with Gasteiger partial charge in [-0.2, -0.15) is 0 Å². The minimum atomic E-state index is -0.612. The van der Waals surface area contributed by atoms with Gasteiger partial charge in [0.15, 0.2) is 0 Å². The number of benzene rings is 1. The van der Waals surface area contributed by atoms with Crippen LogP contribution in [0.5, 0.6) is 0 Å². The third-order valence-corrected chi connectivity index (χ3v) is 6.15. The number of carbonyl (C=O) groups excluding carboxylic acids is 2. The first-order valence-electron chi connectivity index (χ1n) is 11.3. The van der Waals surface area contributed by atoms with Gasteiger partial charge in [-0.15, -0.1) is 0 Å². The standard InChI is InChI=1S/C26H41N3O2/c1-17(2)16-21(18(3)4)29(9)25(31)23(26(5,6)7)27-24(30)22-20-13-11-10-12-19(20)14-15-28(22)8/h10-13,16,18,21-23H,14-15H2,1-9H3,(H,27,30)/t21-,22?,23-/m1/s1. The predicted octanol–water partition coefficient (Wildman–Crippen LogP) is 4.20. The van der Waals surface area contributed by atoms with Gasteiger partial charge in [-0.05, 0) is 49.8 Å². The summed E-state index contributed by atoms with van der Waals surface area (Å²) in [5.74, 6) is 0.111. The van der Waals surface area contributed by atoms with Gasteiger partial charge in [0.1, 0.15) is 12.1 Å². The van der Waals surface area contributed by atoms with Gasteiger partial charge in [-0.25, -0.2) is 0 Å². The molecule has 172 valence electrons. The van der Waals surface area contributed by atoms with Crippen LogP contribution in [0.4, 0.5) is 0 Å². The van der Waals surface area contributed by atoms with Crippen LogP contribution in [-0.4, -0.2) is 54.3 Å². The van der Waals surface area contributed by atoms with Crippen LogP contribution in [0.3, 0.4) is 0 Å². The van der Waals surface area contributed by atoms with Gasteiger partial charge >= 0.3 is 0 Å². The molecule has 1 N–H and O–H groups in total. The van der Waals surface area contributed by atoms with E-state index in [1.807, 2.05) is 66.9 Å². The van der Waals surface area contributed by atoms with E-state index < -0.39 is 11.5 Å². The fraction of sp³-hybridized carbons (Fsp3) is 0.615. The lowest BCUT2D eigenvalue weighted by Gasteiger charge is -2.39. The fourth-order valence-corrected chi connectivity index (χ4v) is 4.35. The summed E-state index contributed by atoms with van der Waals surface area (Å²) < 4.78 is 0. The molecular weight excluding hydrogens is 386 g/mol. The second kappa shape index (κ2) is 9.99. The Morgan fingerprint density at radius 2 is 1.81 bits per heavy atom. The van der Waals surface area contributed by atoms with Crippen LogP contribution in [0, 0.1) is 11.3 Å². The predicted molar refractivity (Wildman–Crippen MR) is 128 cm³/mol. The largest absolute Gasteiger partial charge is 0.342 e. The summed E-state index contributed by atoms with van der Waals surface area (Å²) in [5, 5.41) is 3.13. The van der Waals surface area contributed by atoms with Crippen molar-refractivity contribution in [2.45, 2.75) is 73.0 Å². The molecule has 3 atom stereocenters. The van der Waals surface area contributed by atoms with E-state index in [9.17, 15) is 9.59 Å². The van der Waals surface area contributed by atoms with E-state index in [4.69, 9.17) is 0 Å². The molecule has 0 fully saturated rings. The van der Waals surface area contributed by atoms with Crippen LogP contribution < -0.4 is 5.32 Å². The smallest absolute Gasteiger partial charge is 0.245 e. The number of nitrogens with one attached hydrogen (secondary N) is 1. The van der Waals surface area contributed by atoms with Crippen LogP contribution in [0.25, 0.3) is 0 Å². The minimum absolute atomic E-state index is 0.0164. The van der Waals surface area contributed by atoms with Gasteiger partial charge < -0.3 is 10.2 Å². The SMILES string of the molecule is CC(C)=C[C@H](C(C)C)N(C)C(=O)[C@@H](NC(=O)C1c2ccccc2CCN1C)C(C)(C)C. The van der Waals surface area contributed by atoms with E-state index in [0.717, 1.165) is 18.5 Å². The average Bonchev–Trinajstić information content (AvgIpc) is 2.67. The Hall–Kier alpha value is -2.14. The Labute approximate surface area is 188 Å². The number of hydrogen-bond donors (Lipinski definition) is 1. The molecule has 5 heteroatoms. The second-order valence-corrected chi connectivity index (χ2v) is 10.6. The normalized spacial score (nSPS) is 18.7. The molecule has 5 nitrogen and oxygen atoms in total. The minimum Gasteiger partial charge on any atom is -0.342 e. The van der Waals surface area contributed by atoms with Crippen molar-refractivity contribution in [2.24, 2.45) is 11.3 Å². The van der Waals surface area contributed by atoms with Crippen LogP contribution in [0.2, 0.25) is 0 Å². The number of rotatable bonds is 6. The van der Waals surface area contributed by atoms with Crippen molar-refractivity contribution in [3.05, 3.63) is 47.0 Å². The maximum atomic E-state index is 13.6. The lowest BCUT2D eigenvalue weighted by atomic mass is 9.84. The molecule has 2 amide bonds. The Balaban J connectivity index is 2.33. The van der Waals surface area contributed by atoms with Gasteiger partial charge in [-0.1, -0.05) is 70.5 Å². The molecular formula is C26H41N3O2. The van der Waals surface area contributed by atoms with Crippen LogP contribution in [-0.2, 0) is 16.0 Å². The summed E-state index contributed by atoms with van der Waals surface area (Å²) in [7, 11) is 3.82. The summed E-state index contributed by atoms with van der Waals surface area (Å²) >= 11 is 0. The van der Waals surface area contributed by atoms with Gasteiger partial charge in [0.05, 0.1) is 6.04 Å². The van der Waals surface area contributed by atoms with E-state index in [0.29, 0.717) is 0 Å². The molecule has 1 aromatic carbocycles. The van der Waals surface area contributed by atoms with Crippen molar-refractivity contribution in [1.29, 1.82) is 0 Å². The number of nitrogens with zero attached hydrogens (tertiary/aromatic N) is 2. The summed E-state index contributed by atoms with van der Waals surface area (Å²) in [6, 6.07) is 7.10. The molecule has 0 aliphatic carbocycles. The Morgan fingerprint density at radius 1 is 1.19 bits per heavy atom. The van der Waals surface area contributed by atoms with Crippen LogP contribution >= 0.6 is 0 Å². The van der Waals surface area contributed by atoms with Crippen LogP contribution in [0.1, 0.15) is 65.6 Å². The van der Waals surface area contributed by atoms with E-state index in [-0.39, 0.29) is 29.8 Å². The second-order valence-electron chi connectivity index (χ2n) is 10.6. The number of likely N-dealkylation sites (N-methyl/N-ethyl adjacent to an activating group) is 2. The molecule has 0 spiro atoms. The molecule has 31 heavy (non-hydrogen) atoms. The molecule has 2 rings (SSSR count). The molecule has 0 radical (unpaired) electrons. The van der Waals surface area contributed by atoms with Crippen molar-refractivity contribution in [1.82, 2.24) is 15.1 Å². The Morgan fingerprint density at radius 3 is 2.35 bits per heavy atom. The molecule has 0 bridgehead atoms. The summed E-state index contributed by atoms with van der Waals surface area (Å²) in [6.07, 6.45) is 3.06. The van der Waals surface area contributed by atoms with Gasteiger partial charge in [0.25, 0.3) is 0 Å². The first kappa shape index (κ1) is 25.1. The highest BCUT2D eigenvalue weighted by molar-refractivity contribution is 5.91. The molecule has 1 aliphatic heterocycles. The molecule has 1 heterocycles. The molecule has 1 aliphatic rings. The van der Waals surface area contributed by atoms with Crippen molar-refractivity contribution in [2.75, 3.05) is 20.6 Å². The lowest BCUT2D eigenvalue weighted by molar-refractivity contribution is -0.141. The number of fused-ring (bicyclic) bond motifs is 1. The molecule has 1 aromatic rings. The van der Waals surface area contributed by atoms with E-state index in [1.54, 1.807) is 4.90 Å². The Bertz CT molecular complexity index is 818. The first-order chi connectivity index (χ1) is 14.3. The summed E-state index contributed by atoms with van der Waals surface area (Å²) in [5.41, 5.74) is 3.00. The Kier molecular flexibility index (Phi) is 8.09. The van der Waals surface area contributed by atoms with Gasteiger partial charge in [0, 0.05) is 13.6 Å². The number of hydrogen-bond acceptors (Lipinski definition) is 3. The summed E-state index contributed by atoms with van der Waals surface area (Å²) in [4.78, 5) is 31.0. The lowest BCUT2D eigenvalue weighted by Crippen LogP contribution is -2.58. The number of amides is 2. The highest BCUT2D eigenvalue weighted by atomic mass is 16.2. The highest BCUT2D eigenvalue weighted by Gasteiger charge is 2.39. The molecule has 1 unspecified atom stereocenters.